The summed E-state index contributed by atoms with van der Waals surface area (Å²) >= 11 is 9.44. The zero-order valence-electron chi connectivity index (χ0n) is 12.5. The minimum atomic E-state index is -0.217. The van der Waals surface area contributed by atoms with Crippen molar-refractivity contribution in [2.75, 3.05) is 0 Å². The zero-order valence-corrected chi connectivity index (χ0v) is 14.9. The average molecular weight is 393 g/mol. The largest absolute Gasteiger partial charge is 0.345 e. The number of halogens is 2. The van der Waals surface area contributed by atoms with Crippen molar-refractivity contribution < 1.29 is 4.79 Å². The predicted molar refractivity (Wildman–Crippen MR) is 95.7 cm³/mol. The number of benzene rings is 2. The molecule has 4 nitrogen and oxygen atoms in total. The number of hydrogen-bond donors (Lipinski definition) is 1. The molecule has 118 valence electrons. The second kappa shape index (κ2) is 6.72. The SMILES string of the molecule is CCn1c(CNC(=O)c2cc(Br)ccc2Cl)nc2ccccc21. The molecule has 0 aliphatic carbocycles. The van der Waals surface area contributed by atoms with Crippen molar-refractivity contribution in [2.45, 2.75) is 20.0 Å². The molecule has 23 heavy (non-hydrogen) atoms. The van der Waals surface area contributed by atoms with Gasteiger partial charge in [0.15, 0.2) is 0 Å². The normalized spacial score (nSPS) is 10.9. The van der Waals surface area contributed by atoms with Gasteiger partial charge in [0.2, 0.25) is 0 Å². The summed E-state index contributed by atoms with van der Waals surface area (Å²) in [6.07, 6.45) is 0. The summed E-state index contributed by atoms with van der Waals surface area (Å²) in [7, 11) is 0. The van der Waals surface area contributed by atoms with Crippen molar-refractivity contribution in [1.29, 1.82) is 0 Å². The van der Waals surface area contributed by atoms with Crippen molar-refractivity contribution in [3.63, 3.8) is 0 Å². The first-order chi connectivity index (χ1) is 11.1. The first-order valence-corrected chi connectivity index (χ1v) is 8.44. The molecule has 0 aliphatic heterocycles. The van der Waals surface area contributed by atoms with Crippen LogP contribution in [0.2, 0.25) is 5.02 Å². The summed E-state index contributed by atoms with van der Waals surface area (Å²) < 4.78 is 2.91. The Morgan fingerprint density at radius 1 is 1.30 bits per heavy atom. The fourth-order valence-electron chi connectivity index (χ4n) is 2.54. The lowest BCUT2D eigenvalue weighted by molar-refractivity contribution is 0.0949. The van der Waals surface area contributed by atoms with Gasteiger partial charge < -0.3 is 9.88 Å². The molecule has 0 saturated heterocycles. The van der Waals surface area contributed by atoms with Gasteiger partial charge >= 0.3 is 0 Å². The molecule has 1 amide bonds. The fourth-order valence-corrected chi connectivity index (χ4v) is 3.10. The Hall–Kier alpha value is -1.85. The van der Waals surface area contributed by atoms with Crippen molar-refractivity contribution in [3.05, 3.63) is 63.3 Å². The van der Waals surface area contributed by atoms with E-state index in [4.69, 9.17) is 11.6 Å². The lowest BCUT2D eigenvalue weighted by Crippen LogP contribution is -2.25. The van der Waals surface area contributed by atoms with Crippen molar-refractivity contribution >= 4 is 44.5 Å². The monoisotopic (exact) mass is 391 g/mol. The first-order valence-electron chi connectivity index (χ1n) is 7.27. The summed E-state index contributed by atoms with van der Waals surface area (Å²) in [5.41, 5.74) is 2.44. The second-order valence-electron chi connectivity index (χ2n) is 5.07. The number of para-hydroxylation sites is 2. The lowest BCUT2D eigenvalue weighted by Gasteiger charge is -2.09. The van der Waals surface area contributed by atoms with E-state index in [1.165, 1.54) is 0 Å². The van der Waals surface area contributed by atoms with E-state index in [2.05, 4.69) is 37.7 Å². The summed E-state index contributed by atoms with van der Waals surface area (Å²) in [6, 6.07) is 13.1. The van der Waals surface area contributed by atoms with Gasteiger partial charge in [0.25, 0.3) is 5.91 Å². The maximum Gasteiger partial charge on any atom is 0.253 e. The molecule has 1 heterocycles. The summed E-state index contributed by atoms with van der Waals surface area (Å²) in [4.78, 5) is 16.9. The number of nitrogens with zero attached hydrogens (tertiary/aromatic N) is 2. The molecule has 0 fully saturated rings. The molecule has 1 N–H and O–H groups in total. The van der Waals surface area contributed by atoms with Gasteiger partial charge in [-0.2, -0.15) is 0 Å². The van der Waals surface area contributed by atoms with Crippen LogP contribution in [0, 0.1) is 0 Å². The third-order valence-corrected chi connectivity index (χ3v) is 4.45. The first kappa shape index (κ1) is 16.0. The van der Waals surface area contributed by atoms with E-state index in [1.807, 2.05) is 24.3 Å². The van der Waals surface area contributed by atoms with Crippen molar-refractivity contribution in [3.8, 4) is 0 Å². The topological polar surface area (TPSA) is 46.9 Å². The van der Waals surface area contributed by atoms with Crippen LogP contribution < -0.4 is 5.32 Å². The maximum atomic E-state index is 12.4. The molecule has 1 aromatic heterocycles. The molecular formula is C17H15BrClN3O. The molecule has 6 heteroatoms. The maximum absolute atomic E-state index is 12.4. The van der Waals surface area contributed by atoms with Crippen LogP contribution >= 0.6 is 27.5 Å². The van der Waals surface area contributed by atoms with Gasteiger partial charge in [0.1, 0.15) is 5.82 Å². The molecular weight excluding hydrogens is 378 g/mol. The van der Waals surface area contributed by atoms with Crippen LogP contribution in [0.25, 0.3) is 11.0 Å². The van der Waals surface area contributed by atoms with Gasteiger partial charge in [-0.15, -0.1) is 0 Å². The standard InChI is InChI=1S/C17H15BrClN3O/c1-2-22-15-6-4-3-5-14(15)21-16(22)10-20-17(23)12-9-11(18)7-8-13(12)19/h3-9H,2,10H2,1H3,(H,20,23). The number of amides is 1. The van der Waals surface area contributed by atoms with Gasteiger partial charge in [-0.3, -0.25) is 4.79 Å². The predicted octanol–water partition coefficient (Wildman–Crippen LogP) is 4.40. The Morgan fingerprint density at radius 2 is 2.09 bits per heavy atom. The van der Waals surface area contributed by atoms with Crippen LogP contribution in [0.3, 0.4) is 0 Å². The van der Waals surface area contributed by atoms with Gasteiger partial charge in [0, 0.05) is 11.0 Å². The van der Waals surface area contributed by atoms with Gasteiger partial charge in [0.05, 0.1) is 28.2 Å². The Morgan fingerprint density at radius 3 is 2.87 bits per heavy atom. The number of aryl methyl sites for hydroxylation is 1. The zero-order chi connectivity index (χ0) is 16.4. The van der Waals surface area contributed by atoms with E-state index >= 15 is 0 Å². The minimum absolute atomic E-state index is 0.217. The molecule has 0 unspecified atom stereocenters. The fraction of sp³-hybridized carbons (Fsp3) is 0.176. The molecule has 0 bridgehead atoms. The number of imidazole rings is 1. The molecule has 0 saturated carbocycles. The molecule has 3 rings (SSSR count). The van der Waals surface area contributed by atoms with Crippen LogP contribution in [-0.2, 0) is 13.1 Å². The van der Waals surface area contributed by atoms with Gasteiger partial charge in [-0.1, -0.05) is 39.7 Å². The summed E-state index contributed by atoms with van der Waals surface area (Å²) in [5.74, 6) is 0.610. The molecule has 3 aromatic rings. The molecule has 2 aromatic carbocycles. The van der Waals surface area contributed by atoms with Crippen LogP contribution in [0.5, 0.6) is 0 Å². The molecule has 0 aliphatic rings. The van der Waals surface area contributed by atoms with E-state index < -0.39 is 0 Å². The number of rotatable bonds is 4. The highest BCUT2D eigenvalue weighted by molar-refractivity contribution is 9.10. The number of nitrogens with one attached hydrogen (secondary N) is 1. The van der Waals surface area contributed by atoms with Crippen LogP contribution in [-0.4, -0.2) is 15.5 Å². The van der Waals surface area contributed by atoms with E-state index in [9.17, 15) is 4.79 Å². The molecule has 0 spiro atoms. The number of carbonyl (C=O) groups is 1. The molecule has 0 radical (unpaired) electrons. The smallest absolute Gasteiger partial charge is 0.253 e. The second-order valence-corrected chi connectivity index (χ2v) is 6.39. The van der Waals surface area contributed by atoms with Crippen LogP contribution in [0.4, 0.5) is 0 Å². The summed E-state index contributed by atoms with van der Waals surface area (Å²) in [6.45, 7) is 3.21. The number of fused-ring (bicyclic) bond motifs is 1. The number of hydrogen-bond acceptors (Lipinski definition) is 2. The van der Waals surface area contributed by atoms with E-state index in [0.29, 0.717) is 17.1 Å². The van der Waals surface area contributed by atoms with Crippen LogP contribution in [0.15, 0.2) is 46.9 Å². The van der Waals surface area contributed by atoms with Gasteiger partial charge in [-0.05, 0) is 37.3 Å². The summed E-state index contributed by atoms with van der Waals surface area (Å²) in [5, 5.41) is 3.32. The van der Waals surface area contributed by atoms with Gasteiger partial charge in [-0.25, -0.2) is 4.98 Å². The quantitative estimate of drug-likeness (QED) is 0.715. The molecule has 0 atom stereocenters. The Balaban J connectivity index is 1.83. The highest BCUT2D eigenvalue weighted by Gasteiger charge is 2.13. The van der Waals surface area contributed by atoms with E-state index in [1.54, 1.807) is 18.2 Å². The highest BCUT2D eigenvalue weighted by Crippen LogP contribution is 2.21. The number of aromatic nitrogens is 2. The van der Waals surface area contributed by atoms with E-state index in [-0.39, 0.29) is 5.91 Å². The van der Waals surface area contributed by atoms with Crippen LogP contribution in [0.1, 0.15) is 23.1 Å². The minimum Gasteiger partial charge on any atom is -0.345 e. The lowest BCUT2D eigenvalue weighted by atomic mass is 10.2. The highest BCUT2D eigenvalue weighted by atomic mass is 79.9. The van der Waals surface area contributed by atoms with E-state index in [0.717, 1.165) is 27.9 Å². The average Bonchev–Trinajstić information content (AvgIpc) is 2.92. The third-order valence-electron chi connectivity index (χ3n) is 3.63. The number of carbonyl (C=O) groups excluding carboxylic acids is 1. The Kier molecular flexibility index (Phi) is 4.68. The van der Waals surface area contributed by atoms with Crippen molar-refractivity contribution in [2.24, 2.45) is 0 Å². The third kappa shape index (κ3) is 3.26. The Labute approximate surface area is 147 Å². The Bertz CT molecular complexity index is 875. The van der Waals surface area contributed by atoms with Crippen molar-refractivity contribution in [1.82, 2.24) is 14.9 Å².